The molecule has 0 amide bonds. The van der Waals surface area contributed by atoms with Gasteiger partial charge in [0.05, 0.1) is 7.11 Å². The molecule has 2 aromatic carbocycles. The number of pyridine rings is 1. The van der Waals surface area contributed by atoms with Gasteiger partial charge in [0.25, 0.3) is 0 Å². The van der Waals surface area contributed by atoms with Crippen LogP contribution in [0.1, 0.15) is 5.56 Å². The van der Waals surface area contributed by atoms with Crippen LogP contribution in [-0.4, -0.2) is 17.2 Å². The highest BCUT2D eigenvalue weighted by Gasteiger charge is 2.03. The molecule has 0 aliphatic carbocycles. The Morgan fingerprint density at radius 2 is 1.90 bits per heavy atom. The molecule has 1 aromatic heterocycles. The van der Waals surface area contributed by atoms with Gasteiger partial charge in [-0.25, -0.2) is 4.98 Å². The molecular weight excluding hydrogens is 264 g/mol. The van der Waals surface area contributed by atoms with Gasteiger partial charge in [0.2, 0.25) is 0 Å². The predicted octanol–water partition coefficient (Wildman–Crippen LogP) is 3.56. The zero-order valence-corrected chi connectivity index (χ0v) is 11.7. The first kappa shape index (κ1) is 13.2. The Bertz CT molecular complexity index is 754. The summed E-state index contributed by atoms with van der Waals surface area (Å²) in [6.07, 6.45) is 1.73. The average molecular weight is 280 g/mol. The second-order valence-electron chi connectivity index (χ2n) is 4.77. The Labute approximate surface area is 123 Å². The van der Waals surface area contributed by atoms with Crippen molar-refractivity contribution in [1.29, 1.82) is 0 Å². The van der Waals surface area contributed by atoms with Crippen molar-refractivity contribution < 1.29 is 9.84 Å². The monoisotopic (exact) mass is 280 g/mol. The summed E-state index contributed by atoms with van der Waals surface area (Å²) in [5, 5.41) is 14.8. The van der Waals surface area contributed by atoms with Crippen LogP contribution in [0.3, 0.4) is 0 Å². The van der Waals surface area contributed by atoms with Crippen molar-refractivity contribution in [2.45, 2.75) is 6.54 Å². The number of fused-ring (bicyclic) bond motifs is 1. The predicted molar refractivity (Wildman–Crippen MR) is 83.7 cm³/mol. The van der Waals surface area contributed by atoms with E-state index in [9.17, 15) is 5.11 Å². The number of methoxy groups -OCH3 is 1. The lowest BCUT2D eigenvalue weighted by molar-refractivity contribution is 0.414. The van der Waals surface area contributed by atoms with E-state index in [4.69, 9.17) is 4.74 Å². The number of hydrogen-bond acceptors (Lipinski definition) is 4. The summed E-state index contributed by atoms with van der Waals surface area (Å²) in [4.78, 5) is 4.37. The Morgan fingerprint density at radius 1 is 1.10 bits per heavy atom. The number of aromatic hydroxyl groups is 1. The van der Waals surface area contributed by atoms with Crippen molar-refractivity contribution in [2.75, 3.05) is 12.4 Å². The third kappa shape index (κ3) is 2.89. The lowest BCUT2D eigenvalue weighted by atomic mass is 10.1. The van der Waals surface area contributed by atoms with Gasteiger partial charge in [-0.3, -0.25) is 0 Å². The normalized spacial score (nSPS) is 10.5. The summed E-state index contributed by atoms with van der Waals surface area (Å²) in [6, 6.07) is 15.1. The zero-order chi connectivity index (χ0) is 14.7. The fraction of sp³-hybridized carbons (Fsp3) is 0.118. The van der Waals surface area contributed by atoms with Crippen LogP contribution in [0.25, 0.3) is 10.8 Å². The van der Waals surface area contributed by atoms with Gasteiger partial charge in [0.15, 0.2) is 0 Å². The minimum atomic E-state index is 0.259. The summed E-state index contributed by atoms with van der Waals surface area (Å²) >= 11 is 0. The molecule has 0 fully saturated rings. The average Bonchev–Trinajstić information content (AvgIpc) is 2.53. The van der Waals surface area contributed by atoms with E-state index < -0.39 is 0 Å². The first-order valence-electron chi connectivity index (χ1n) is 6.71. The van der Waals surface area contributed by atoms with E-state index in [0.717, 1.165) is 27.9 Å². The van der Waals surface area contributed by atoms with Gasteiger partial charge in [-0.1, -0.05) is 12.1 Å². The lowest BCUT2D eigenvalue weighted by Crippen LogP contribution is -2.01. The molecular formula is C17H16N2O2. The molecule has 4 nitrogen and oxygen atoms in total. The van der Waals surface area contributed by atoms with Crippen LogP contribution in [0.5, 0.6) is 11.5 Å². The number of phenols is 1. The van der Waals surface area contributed by atoms with Gasteiger partial charge in [-0.15, -0.1) is 0 Å². The van der Waals surface area contributed by atoms with Gasteiger partial charge in [0.1, 0.15) is 17.3 Å². The molecule has 0 saturated heterocycles. The molecule has 0 radical (unpaired) electrons. The third-order valence-electron chi connectivity index (χ3n) is 3.37. The van der Waals surface area contributed by atoms with E-state index >= 15 is 0 Å². The van der Waals surface area contributed by atoms with Crippen LogP contribution < -0.4 is 10.1 Å². The molecule has 21 heavy (non-hydrogen) atoms. The van der Waals surface area contributed by atoms with E-state index in [0.29, 0.717) is 6.54 Å². The Balaban J connectivity index is 1.81. The third-order valence-corrected chi connectivity index (χ3v) is 3.37. The SMILES string of the molecule is COc1ccc(CNc2nccc3cc(O)ccc23)cc1. The number of phenolic OH excluding ortho intramolecular Hbond substituents is 1. The number of nitrogens with one attached hydrogen (secondary N) is 1. The van der Waals surface area contributed by atoms with Gasteiger partial charge >= 0.3 is 0 Å². The second kappa shape index (κ2) is 5.71. The molecule has 0 spiro atoms. The molecule has 106 valence electrons. The van der Waals surface area contributed by atoms with Crippen LogP contribution in [0.2, 0.25) is 0 Å². The van der Waals surface area contributed by atoms with E-state index in [-0.39, 0.29) is 5.75 Å². The molecule has 4 heteroatoms. The number of nitrogens with zero attached hydrogens (tertiary/aromatic N) is 1. The summed E-state index contributed by atoms with van der Waals surface area (Å²) < 4.78 is 5.14. The smallest absolute Gasteiger partial charge is 0.134 e. The number of ether oxygens (including phenoxy) is 1. The Kier molecular flexibility index (Phi) is 3.60. The van der Waals surface area contributed by atoms with Crippen molar-refractivity contribution >= 4 is 16.6 Å². The van der Waals surface area contributed by atoms with Crippen LogP contribution in [-0.2, 0) is 6.54 Å². The van der Waals surface area contributed by atoms with Crippen molar-refractivity contribution in [3.8, 4) is 11.5 Å². The molecule has 3 rings (SSSR count). The highest BCUT2D eigenvalue weighted by atomic mass is 16.5. The molecule has 1 heterocycles. The maximum atomic E-state index is 9.53. The standard InChI is InChI=1S/C17H16N2O2/c1-21-15-5-2-12(3-6-15)11-19-17-16-7-4-14(20)10-13(16)8-9-18-17/h2-10,20H,11H2,1H3,(H,18,19). The molecule has 0 unspecified atom stereocenters. The minimum absolute atomic E-state index is 0.259. The van der Waals surface area contributed by atoms with E-state index in [2.05, 4.69) is 10.3 Å². The first-order valence-corrected chi connectivity index (χ1v) is 6.71. The van der Waals surface area contributed by atoms with Crippen LogP contribution in [0.15, 0.2) is 54.7 Å². The topological polar surface area (TPSA) is 54.4 Å². The lowest BCUT2D eigenvalue weighted by Gasteiger charge is -2.09. The van der Waals surface area contributed by atoms with Crippen LogP contribution >= 0.6 is 0 Å². The number of rotatable bonds is 4. The van der Waals surface area contributed by atoms with Crippen molar-refractivity contribution in [1.82, 2.24) is 4.98 Å². The molecule has 0 atom stereocenters. The summed E-state index contributed by atoms with van der Waals surface area (Å²) in [5.74, 6) is 1.91. The molecule has 3 aromatic rings. The summed E-state index contributed by atoms with van der Waals surface area (Å²) in [5.41, 5.74) is 1.15. The van der Waals surface area contributed by atoms with E-state index in [1.165, 1.54) is 0 Å². The van der Waals surface area contributed by atoms with Gasteiger partial charge < -0.3 is 15.2 Å². The maximum absolute atomic E-state index is 9.53. The fourth-order valence-corrected chi connectivity index (χ4v) is 2.24. The molecule has 2 N–H and O–H groups in total. The summed E-state index contributed by atoms with van der Waals surface area (Å²) in [6.45, 7) is 0.678. The second-order valence-corrected chi connectivity index (χ2v) is 4.77. The highest BCUT2D eigenvalue weighted by molar-refractivity contribution is 5.92. The summed E-state index contributed by atoms with van der Waals surface area (Å²) in [7, 11) is 1.66. The number of hydrogen-bond donors (Lipinski definition) is 2. The first-order chi connectivity index (χ1) is 10.3. The van der Waals surface area contributed by atoms with Gasteiger partial charge in [0, 0.05) is 18.1 Å². The van der Waals surface area contributed by atoms with Crippen molar-refractivity contribution in [3.63, 3.8) is 0 Å². The molecule has 0 saturated carbocycles. The highest BCUT2D eigenvalue weighted by Crippen LogP contribution is 2.25. The Hall–Kier alpha value is -2.75. The molecule has 0 aliphatic heterocycles. The zero-order valence-electron chi connectivity index (χ0n) is 11.7. The van der Waals surface area contributed by atoms with E-state index in [1.54, 1.807) is 25.4 Å². The van der Waals surface area contributed by atoms with Crippen LogP contribution in [0, 0.1) is 0 Å². The van der Waals surface area contributed by atoms with E-state index in [1.807, 2.05) is 36.4 Å². The molecule has 0 bridgehead atoms. The van der Waals surface area contributed by atoms with Gasteiger partial charge in [-0.2, -0.15) is 0 Å². The largest absolute Gasteiger partial charge is 0.508 e. The number of anilines is 1. The minimum Gasteiger partial charge on any atom is -0.508 e. The Morgan fingerprint density at radius 3 is 2.67 bits per heavy atom. The maximum Gasteiger partial charge on any atom is 0.134 e. The number of benzene rings is 2. The van der Waals surface area contributed by atoms with Gasteiger partial charge in [-0.05, 0) is 47.3 Å². The van der Waals surface area contributed by atoms with Crippen molar-refractivity contribution in [2.24, 2.45) is 0 Å². The molecule has 0 aliphatic rings. The van der Waals surface area contributed by atoms with Crippen molar-refractivity contribution in [3.05, 3.63) is 60.3 Å². The number of aromatic nitrogens is 1. The quantitative estimate of drug-likeness (QED) is 0.767. The van der Waals surface area contributed by atoms with Crippen LogP contribution in [0.4, 0.5) is 5.82 Å². The fourth-order valence-electron chi connectivity index (χ4n) is 2.24.